The van der Waals surface area contributed by atoms with Crippen LogP contribution in [0.4, 0.5) is 0 Å². The number of rotatable bonds is 4. The first-order valence-electron chi connectivity index (χ1n) is 9.72. The minimum atomic E-state index is -0.460. The summed E-state index contributed by atoms with van der Waals surface area (Å²) < 4.78 is 0. The number of hydrogen-bond donors (Lipinski definition) is 3. The molecule has 1 fully saturated rings. The molecule has 1 aliphatic carbocycles. The van der Waals surface area contributed by atoms with E-state index < -0.39 is 6.04 Å². The second kappa shape index (κ2) is 7.80. The molecule has 0 unspecified atom stereocenters. The van der Waals surface area contributed by atoms with Gasteiger partial charge in [-0.15, -0.1) is 11.3 Å². The predicted molar refractivity (Wildman–Crippen MR) is 104 cm³/mol. The molecule has 2 aliphatic rings. The van der Waals surface area contributed by atoms with Gasteiger partial charge in [0.25, 0.3) is 5.56 Å². The number of carbonyl (C=O) groups is 2. The fourth-order valence-electron chi connectivity index (χ4n) is 3.90. The summed E-state index contributed by atoms with van der Waals surface area (Å²) in [6.45, 7) is 0.668. The lowest BCUT2D eigenvalue weighted by molar-refractivity contribution is -0.128. The van der Waals surface area contributed by atoms with Crippen LogP contribution in [0.3, 0.4) is 0 Å². The zero-order valence-corrected chi connectivity index (χ0v) is 16.0. The van der Waals surface area contributed by atoms with Crippen molar-refractivity contribution in [2.75, 3.05) is 6.54 Å². The highest BCUT2D eigenvalue weighted by Crippen LogP contribution is 2.33. The Hall–Kier alpha value is -2.22. The van der Waals surface area contributed by atoms with Crippen LogP contribution in [0.2, 0.25) is 0 Å². The van der Waals surface area contributed by atoms with Crippen molar-refractivity contribution in [1.82, 2.24) is 20.6 Å². The standard InChI is InChI=1S/C19H24N4O3S/c24-15(21-12-6-3-4-10-20-17(12)25)9-8-14-22-18(26)16-11-5-1-2-7-13(11)27-19(16)23-14/h12H,1-10H2,(H,20,25)(H,21,24)(H,22,23,26)/t12-/m0/s1. The summed E-state index contributed by atoms with van der Waals surface area (Å²) in [5.74, 6) is 0.231. The van der Waals surface area contributed by atoms with Crippen LogP contribution in [0.1, 0.15) is 54.8 Å². The van der Waals surface area contributed by atoms with Crippen LogP contribution < -0.4 is 16.2 Å². The second-order valence-electron chi connectivity index (χ2n) is 7.31. The van der Waals surface area contributed by atoms with Crippen LogP contribution in [0.25, 0.3) is 10.2 Å². The maximum atomic E-state index is 12.5. The Morgan fingerprint density at radius 2 is 2.04 bits per heavy atom. The van der Waals surface area contributed by atoms with Gasteiger partial charge in [-0.3, -0.25) is 14.4 Å². The summed E-state index contributed by atoms with van der Waals surface area (Å²) >= 11 is 1.61. The van der Waals surface area contributed by atoms with Gasteiger partial charge < -0.3 is 15.6 Å². The van der Waals surface area contributed by atoms with Crippen molar-refractivity contribution in [2.24, 2.45) is 0 Å². The summed E-state index contributed by atoms with van der Waals surface area (Å²) in [6, 6.07) is -0.460. The van der Waals surface area contributed by atoms with Gasteiger partial charge in [-0.05, 0) is 50.5 Å². The third-order valence-electron chi connectivity index (χ3n) is 5.33. The van der Waals surface area contributed by atoms with E-state index in [1.165, 1.54) is 16.9 Å². The number of thiophene rings is 1. The smallest absolute Gasteiger partial charge is 0.259 e. The minimum absolute atomic E-state index is 0.0991. The number of aromatic nitrogens is 2. The number of fused-ring (bicyclic) bond motifs is 3. The topological polar surface area (TPSA) is 104 Å². The van der Waals surface area contributed by atoms with Crippen LogP contribution in [-0.4, -0.2) is 34.4 Å². The Morgan fingerprint density at radius 3 is 2.93 bits per heavy atom. The number of aryl methyl sites for hydroxylation is 3. The molecule has 1 atom stereocenters. The molecule has 0 aromatic carbocycles. The van der Waals surface area contributed by atoms with E-state index in [9.17, 15) is 14.4 Å². The van der Waals surface area contributed by atoms with Gasteiger partial charge in [-0.2, -0.15) is 0 Å². The van der Waals surface area contributed by atoms with Crippen molar-refractivity contribution in [2.45, 2.75) is 63.8 Å². The van der Waals surface area contributed by atoms with Crippen LogP contribution in [0.15, 0.2) is 4.79 Å². The van der Waals surface area contributed by atoms with Gasteiger partial charge in [0.05, 0.1) is 5.39 Å². The average molecular weight is 388 g/mol. The van der Waals surface area contributed by atoms with Crippen molar-refractivity contribution in [1.29, 1.82) is 0 Å². The SMILES string of the molecule is O=C(CCc1nc2sc3c(c2c(=O)[nH]1)CCCC3)N[C@H]1CCCCNC1=O. The van der Waals surface area contributed by atoms with E-state index in [4.69, 9.17) is 0 Å². The van der Waals surface area contributed by atoms with Gasteiger partial charge in [0.15, 0.2) is 0 Å². The highest BCUT2D eigenvalue weighted by Gasteiger charge is 2.23. The minimum Gasteiger partial charge on any atom is -0.354 e. The number of amides is 2. The van der Waals surface area contributed by atoms with E-state index in [1.54, 1.807) is 11.3 Å². The molecule has 1 saturated heterocycles. The normalized spacial score (nSPS) is 20.0. The van der Waals surface area contributed by atoms with E-state index in [2.05, 4.69) is 20.6 Å². The Bertz CT molecular complexity index is 933. The third-order valence-corrected chi connectivity index (χ3v) is 6.52. The van der Waals surface area contributed by atoms with E-state index in [1.807, 2.05) is 0 Å². The molecule has 8 heteroatoms. The summed E-state index contributed by atoms with van der Waals surface area (Å²) in [5.41, 5.74) is 1.07. The molecule has 1 aliphatic heterocycles. The molecule has 27 heavy (non-hydrogen) atoms. The molecule has 3 heterocycles. The third kappa shape index (κ3) is 3.90. The lowest BCUT2D eigenvalue weighted by atomic mass is 9.97. The van der Waals surface area contributed by atoms with Crippen molar-refractivity contribution < 1.29 is 9.59 Å². The molecule has 0 bridgehead atoms. The molecule has 0 saturated carbocycles. The first-order valence-corrected chi connectivity index (χ1v) is 10.5. The van der Waals surface area contributed by atoms with Crippen LogP contribution in [0.5, 0.6) is 0 Å². The molecule has 2 aromatic rings. The lowest BCUT2D eigenvalue weighted by Gasteiger charge is -2.15. The molecule has 4 rings (SSSR count). The maximum absolute atomic E-state index is 12.5. The van der Waals surface area contributed by atoms with E-state index >= 15 is 0 Å². The Kier molecular flexibility index (Phi) is 5.24. The highest BCUT2D eigenvalue weighted by molar-refractivity contribution is 7.18. The fourth-order valence-corrected chi connectivity index (χ4v) is 5.18. The molecule has 3 N–H and O–H groups in total. The summed E-state index contributed by atoms with van der Waals surface area (Å²) in [4.78, 5) is 46.2. The molecule has 144 valence electrons. The van der Waals surface area contributed by atoms with Crippen LogP contribution >= 0.6 is 11.3 Å². The van der Waals surface area contributed by atoms with Crippen LogP contribution in [0, 0.1) is 0 Å². The number of nitrogens with one attached hydrogen (secondary N) is 3. The highest BCUT2D eigenvalue weighted by atomic mass is 32.1. The maximum Gasteiger partial charge on any atom is 0.259 e. The lowest BCUT2D eigenvalue weighted by Crippen LogP contribution is -2.45. The summed E-state index contributed by atoms with van der Waals surface area (Å²) in [6.07, 6.45) is 7.33. The van der Waals surface area contributed by atoms with Crippen molar-refractivity contribution >= 4 is 33.4 Å². The molecule has 0 radical (unpaired) electrons. The number of hydrogen-bond acceptors (Lipinski definition) is 5. The van der Waals surface area contributed by atoms with Gasteiger partial charge in [-0.25, -0.2) is 4.98 Å². The van der Waals surface area contributed by atoms with Crippen molar-refractivity contribution in [3.8, 4) is 0 Å². The number of carbonyl (C=O) groups excluding carboxylic acids is 2. The van der Waals surface area contributed by atoms with E-state index in [0.29, 0.717) is 25.2 Å². The average Bonchev–Trinajstić information content (AvgIpc) is 2.92. The zero-order valence-electron chi connectivity index (χ0n) is 15.2. The summed E-state index contributed by atoms with van der Waals surface area (Å²) in [5, 5.41) is 6.35. The van der Waals surface area contributed by atoms with Gasteiger partial charge >= 0.3 is 0 Å². The Balaban J connectivity index is 1.43. The zero-order chi connectivity index (χ0) is 18.8. The van der Waals surface area contributed by atoms with Crippen molar-refractivity contribution in [3.05, 3.63) is 26.6 Å². The fraction of sp³-hybridized carbons (Fsp3) is 0.579. The number of aromatic amines is 1. The number of nitrogens with zero attached hydrogens (tertiary/aromatic N) is 1. The predicted octanol–water partition coefficient (Wildman–Crippen LogP) is 1.58. The van der Waals surface area contributed by atoms with E-state index in [0.717, 1.165) is 42.3 Å². The first kappa shape index (κ1) is 18.2. The molecule has 2 aromatic heterocycles. The monoisotopic (exact) mass is 388 g/mol. The van der Waals surface area contributed by atoms with E-state index in [-0.39, 0.29) is 23.8 Å². The first-order chi connectivity index (χ1) is 13.1. The molecule has 0 spiro atoms. The van der Waals surface area contributed by atoms with Gasteiger partial charge in [0.1, 0.15) is 16.7 Å². The molecule has 2 amide bonds. The molecule has 7 nitrogen and oxygen atoms in total. The Labute approximate surface area is 161 Å². The van der Waals surface area contributed by atoms with Gasteiger partial charge in [0.2, 0.25) is 11.8 Å². The number of H-pyrrole nitrogens is 1. The van der Waals surface area contributed by atoms with Gasteiger partial charge in [0, 0.05) is 24.3 Å². The Morgan fingerprint density at radius 1 is 1.19 bits per heavy atom. The van der Waals surface area contributed by atoms with Crippen LogP contribution in [-0.2, 0) is 28.9 Å². The summed E-state index contributed by atoms with van der Waals surface area (Å²) in [7, 11) is 0. The molecular formula is C19H24N4O3S. The second-order valence-corrected chi connectivity index (χ2v) is 8.39. The van der Waals surface area contributed by atoms with Gasteiger partial charge in [-0.1, -0.05) is 0 Å². The quantitative estimate of drug-likeness (QED) is 0.740. The van der Waals surface area contributed by atoms with Crippen molar-refractivity contribution in [3.63, 3.8) is 0 Å². The largest absolute Gasteiger partial charge is 0.354 e. The molecular weight excluding hydrogens is 364 g/mol.